The largest absolute Gasteiger partial charge is 0.464 e. The second kappa shape index (κ2) is 7.91. The molecular weight excluding hydrogens is 370 g/mol. The van der Waals surface area contributed by atoms with Crippen molar-refractivity contribution in [2.75, 3.05) is 51.4 Å². The highest BCUT2D eigenvalue weighted by molar-refractivity contribution is 5.98. The maximum Gasteiger partial charge on any atom is 0.356 e. The molecule has 2 aromatic rings. The van der Waals surface area contributed by atoms with Gasteiger partial charge in [0.1, 0.15) is 0 Å². The Labute approximate surface area is 170 Å². The van der Waals surface area contributed by atoms with E-state index in [0.29, 0.717) is 23.3 Å². The summed E-state index contributed by atoms with van der Waals surface area (Å²) in [6.45, 7) is 5.68. The third-order valence-corrected chi connectivity index (χ3v) is 6.81. The summed E-state index contributed by atoms with van der Waals surface area (Å²) < 4.78 is 10.4. The lowest BCUT2D eigenvalue weighted by Gasteiger charge is -2.41. The van der Waals surface area contributed by atoms with E-state index in [9.17, 15) is 4.79 Å². The van der Waals surface area contributed by atoms with E-state index in [0.717, 1.165) is 63.3 Å². The number of aromatic amines is 1. The molecular formula is C21H29N5O3. The van der Waals surface area contributed by atoms with Gasteiger partial charge in [-0.1, -0.05) is 6.42 Å². The summed E-state index contributed by atoms with van der Waals surface area (Å²) in [4.78, 5) is 21.7. The van der Waals surface area contributed by atoms with Crippen LogP contribution < -0.4 is 4.90 Å². The van der Waals surface area contributed by atoms with Crippen LogP contribution in [0.1, 0.15) is 54.2 Å². The van der Waals surface area contributed by atoms with Crippen molar-refractivity contribution in [2.24, 2.45) is 0 Å². The summed E-state index contributed by atoms with van der Waals surface area (Å²) in [6.07, 6.45) is 5.88. The molecule has 0 radical (unpaired) electrons. The number of piperidine rings is 1. The normalized spacial score (nSPS) is 22.0. The lowest BCUT2D eigenvalue weighted by molar-refractivity contribution is 0.0115. The molecule has 0 aromatic carbocycles. The fourth-order valence-electron chi connectivity index (χ4n) is 4.89. The molecule has 156 valence electrons. The lowest BCUT2D eigenvalue weighted by atomic mass is 9.82. The smallest absolute Gasteiger partial charge is 0.356 e. The van der Waals surface area contributed by atoms with Gasteiger partial charge < -0.3 is 14.4 Å². The molecule has 1 N–H and O–H groups in total. The highest BCUT2D eigenvalue weighted by Crippen LogP contribution is 2.41. The first-order valence-electron chi connectivity index (χ1n) is 10.8. The highest BCUT2D eigenvalue weighted by atomic mass is 16.5. The minimum Gasteiger partial charge on any atom is -0.464 e. The van der Waals surface area contributed by atoms with Crippen molar-refractivity contribution in [3.05, 3.63) is 17.5 Å². The number of esters is 1. The summed E-state index contributed by atoms with van der Waals surface area (Å²) in [6, 6.07) is 2.52. The van der Waals surface area contributed by atoms with Gasteiger partial charge in [0.2, 0.25) is 0 Å². The van der Waals surface area contributed by atoms with E-state index in [1.54, 1.807) is 0 Å². The number of aromatic nitrogens is 3. The van der Waals surface area contributed by atoms with Crippen LogP contribution in [0.25, 0.3) is 11.0 Å². The minimum atomic E-state index is -0.412. The average Bonchev–Trinajstić information content (AvgIpc) is 3.15. The van der Waals surface area contributed by atoms with Crippen LogP contribution in [0.2, 0.25) is 0 Å². The number of H-pyrrole nitrogens is 1. The Morgan fingerprint density at radius 1 is 1.17 bits per heavy atom. The third kappa shape index (κ3) is 3.48. The second-order valence-corrected chi connectivity index (χ2v) is 8.35. The number of carbonyl (C=O) groups excluding carboxylic acids is 1. The van der Waals surface area contributed by atoms with Gasteiger partial charge in [-0.2, -0.15) is 5.10 Å². The maximum atomic E-state index is 12.2. The van der Waals surface area contributed by atoms with Crippen LogP contribution >= 0.6 is 0 Å². The number of ether oxygens (including phenoxy) is 2. The van der Waals surface area contributed by atoms with Crippen LogP contribution in [0.3, 0.4) is 0 Å². The van der Waals surface area contributed by atoms with E-state index in [-0.39, 0.29) is 0 Å². The molecule has 2 aromatic heterocycles. The number of nitrogens with one attached hydrogen (secondary N) is 1. The molecule has 0 spiro atoms. The van der Waals surface area contributed by atoms with Crippen molar-refractivity contribution >= 4 is 22.7 Å². The fourth-order valence-corrected chi connectivity index (χ4v) is 4.89. The summed E-state index contributed by atoms with van der Waals surface area (Å²) in [5.74, 6) is 0.111. The molecule has 0 amide bonds. The van der Waals surface area contributed by atoms with Crippen molar-refractivity contribution < 1.29 is 14.3 Å². The first-order valence-corrected chi connectivity index (χ1v) is 10.8. The quantitative estimate of drug-likeness (QED) is 0.790. The number of fused-ring (bicyclic) bond motifs is 1. The van der Waals surface area contributed by atoms with E-state index in [1.807, 2.05) is 6.07 Å². The number of carbonyl (C=O) groups is 1. The van der Waals surface area contributed by atoms with Gasteiger partial charge in [0.05, 0.1) is 31.4 Å². The first-order chi connectivity index (χ1) is 14.2. The summed E-state index contributed by atoms with van der Waals surface area (Å²) >= 11 is 0. The molecule has 0 bridgehead atoms. The SMILES string of the molecule is COC(=O)c1cc(N2CCC(N3CCOCC3)CC2)c2c(C3CCC3)[nH]nc2n1. The Morgan fingerprint density at radius 3 is 2.59 bits per heavy atom. The van der Waals surface area contributed by atoms with Crippen LogP contribution in [0.5, 0.6) is 0 Å². The Bertz CT molecular complexity index is 880. The van der Waals surface area contributed by atoms with Crippen LogP contribution in [0.4, 0.5) is 5.69 Å². The second-order valence-electron chi connectivity index (χ2n) is 8.35. The van der Waals surface area contributed by atoms with Crippen LogP contribution in [0.15, 0.2) is 6.07 Å². The van der Waals surface area contributed by atoms with Gasteiger partial charge in [-0.15, -0.1) is 0 Å². The predicted octanol–water partition coefficient (Wildman–Crippen LogP) is 2.31. The molecule has 4 heterocycles. The maximum absolute atomic E-state index is 12.2. The Morgan fingerprint density at radius 2 is 1.93 bits per heavy atom. The summed E-state index contributed by atoms with van der Waals surface area (Å²) in [5, 5.41) is 8.77. The van der Waals surface area contributed by atoms with Crippen LogP contribution in [-0.2, 0) is 9.47 Å². The lowest BCUT2D eigenvalue weighted by Crippen LogP contribution is -2.49. The Hall–Kier alpha value is -2.19. The number of pyridine rings is 1. The zero-order valence-corrected chi connectivity index (χ0v) is 17.0. The molecule has 3 aliphatic rings. The number of anilines is 1. The Balaban J connectivity index is 1.44. The van der Waals surface area contributed by atoms with E-state index in [1.165, 1.54) is 32.1 Å². The zero-order chi connectivity index (χ0) is 19.8. The molecule has 0 unspecified atom stereocenters. The molecule has 2 saturated heterocycles. The number of methoxy groups -OCH3 is 1. The van der Waals surface area contributed by atoms with E-state index in [2.05, 4.69) is 25.0 Å². The van der Waals surface area contributed by atoms with Crippen LogP contribution in [0, 0.1) is 0 Å². The molecule has 3 fully saturated rings. The van der Waals surface area contributed by atoms with E-state index in [4.69, 9.17) is 9.47 Å². The van der Waals surface area contributed by atoms with Gasteiger partial charge in [0, 0.05) is 43.8 Å². The fraction of sp³-hybridized carbons (Fsp3) is 0.667. The standard InChI is InChI=1S/C21H29N5O3/c1-28-21(27)16-13-17(18-19(14-3-2-4-14)23-24-20(18)22-16)26-7-5-15(6-8-26)25-9-11-29-12-10-25/h13-15H,2-12H2,1H3,(H,22,23,24). The van der Waals surface area contributed by atoms with Gasteiger partial charge in [0.25, 0.3) is 0 Å². The number of hydrogen-bond acceptors (Lipinski definition) is 7. The molecule has 8 heteroatoms. The van der Waals surface area contributed by atoms with Gasteiger partial charge >= 0.3 is 5.97 Å². The first kappa shape index (κ1) is 18.8. The number of morpholine rings is 1. The van der Waals surface area contributed by atoms with E-state index < -0.39 is 5.97 Å². The Kier molecular flexibility index (Phi) is 5.13. The molecule has 29 heavy (non-hydrogen) atoms. The molecule has 5 rings (SSSR count). The van der Waals surface area contributed by atoms with Gasteiger partial charge in [-0.3, -0.25) is 10.00 Å². The molecule has 1 saturated carbocycles. The number of rotatable bonds is 4. The van der Waals surface area contributed by atoms with Gasteiger partial charge in [-0.25, -0.2) is 9.78 Å². The summed E-state index contributed by atoms with van der Waals surface area (Å²) in [5.41, 5.74) is 3.21. The minimum absolute atomic E-state index is 0.331. The molecule has 1 aliphatic carbocycles. The molecule has 2 aliphatic heterocycles. The van der Waals surface area contributed by atoms with Crippen molar-refractivity contribution in [3.8, 4) is 0 Å². The molecule has 0 atom stereocenters. The average molecular weight is 399 g/mol. The predicted molar refractivity (Wildman–Crippen MR) is 109 cm³/mol. The van der Waals surface area contributed by atoms with Gasteiger partial charge in [-0.05, 0) is 31.7 Å². The van der Waals surface area contributed by atoms with Crippen molar-refractivity contribution in [2.45, 2.75) is 44.1 Å². The summed E-state index contributed by atoms with van der Waals surface area (Å²) in [7, 11) is 1.39. The van der Waals surface area contributed by atoms with Crippen molar-refractivity contribution in [1.29, 1.82) is 0 Å². The third-order valence-electron chi connectivity index (χ3n) is 6.81. The van der Waals surface area contributed by atoms with Crippen molar-refractivity contribution in [3.63, 3.8) is 0 Å². The zero-order valence-electron chi connectivity index (χ0n) is 17.0. The molecule has 8 nitrogen and oxygen atoms in total. The van der Waals surface area contributed by atoms with E-state index >= 15 is 0 Å². The topological polar surface area (TPSA) is 83.6 Å². The van der Waals surface area contributed by atoms with Gasteiger partial charge in [0.15, 0.2) is 11.3 Å². The van der Waals surface area contributed by atoms with Crippen molar-refractivity contribution in [1.82, 2.24) is 20.1 Å². The number of nitrogens with zero attached hydrogens (tertiary/aromatic N) is 4. The number of hydrogen-bond donors (Lipinski definition) is 1. The van der Waals surface area contributed by atoms with Crippen LogP contribution in [-0.4, -0.2) is 78.6 Å². The highest BCUT2D eigenvalue weighted by Gasteiger charge is 2.31. The monoisotopic (exact) mass is 399 g/mol.